The lowest BCUT2D eigenvalue weighted by Gasteiger charge is -2.07. The molecular formula is C14H12N4. The zero-order valence-corrected chi connectivity index (χ0v) is 9.67. The Morgan fingerprint density at radius 3 is 2.39 bits per heavy atom. The van der Waals surface area contributed by atoms with Crippen LogP contribution < -0.4 is 11.5 Å². The fraction of sp³-hybridized carbons (Fsp3) is 0. The molecule has 0 unspecified atom stereocenters. The summed E-state index contributed by atoms with van der Waals surface area (Å²) >= 11 is 0. The summed E-state index contributed by atoms with van der Waals surface area (Å²) in [4.78, 5) is 8.54. The van der Waals surface area contributed by atoms with Crippen LogP contribution in [0.3, 0.4) is 0 Å². The van der Waals surface area contributed by atoms with Crippen LogP contribution in [0.15, 0.2) is 48.5 Å². The second-order valence-electron chi connectivity index (χ2n) is 4.07. The van der Waals surface area contributed by atoms with Crippen LogP contribution in [0.5, 0.6) is 0 Å². The first kappa shape index (κ1) is 10.5. The van der Waals surface area contributed by atoms with Gasteiger partial charge in [-0.2, -0.15) is 0 Å². The predicted octanol–water partition coefficient (Wildman–Crippen LogP) is 2.46. The number of benzene rings is 2. The van der Waals surface area contributed by atoms with Crippen LogP contribution in [-0.2, 0) is 0 Å². The van der Waals surface area contributed by atoms with Crippen molar-refractivity contribution < 1.29 is 0 Å². The van der Waals surface area contributed by atoms with Crippen molar-refractivity contribution in [1.82, 2.24) is 9.97 Å². The number of nitrogens with zero attached hydrogens (tertiary/aromatic N) is 2. The Labute approximate surface area is 104 Å². The van der Waals surface area contributed by atoms with E-state index >= 15 is 0 Å². The van der Waals surface area contributed by atoms with E-state index in [1.165, 1.54) is 0 Å². The van der Waals surface area contributed by atoms with Gasteiger partial charge in [-0.1, -0.05) is 30.3 Å². The van der Waals surface area contributed by atoms with Crippen molar-refractivity contribution in [3.8, 4) is 11.3 Å². The Hall–Kier alpha value is -2.62. The second kappa shape index (κ2) is 4.00. The van der Waals surface area contributed by atoms with Crippen LogP contribution in [0.25, 0.3) is 22.2 Å². The molecule has 18 heavy (non-hydrogen) atoms. The zero-order valence-electron chi connectivity index (χ0n) is 9.67. The van der Waals surface area contributed by atoms with Crippen molar-refractivity contribution in [3.05, 3.63) is 48.5 Å². The maximum atomic E-state index is 5.76. The number of nitrogens with two attached hydrogens (primary N) is 2. The molecule has 4 heteroatoms. The van der Waals surface area contributed by atoms with E-state index in [2.05, 4.69) is 9.97 Å². The Kier molecular flexibility index (Phi) is 2.34. The van der Waals surface area contributed by atoms with Gasteiger partial charge in [0, 0.05) is 16.6 Å². The van der Waals surface area contributed by atoms with Crippen LogP contribution >= 0.6 is 0 Å². The lowest BCUT2D eigenvalue weighted by atomic mass is 10.1. The molecule has 0 aliphatic heterocycles. The molecule has 1 aromatic heterocycles. The van der Waals surface area contributed by atoms with Gasteiger partial charge in [0.1, 0.15) is 0 Å². The first-order valence-electron chi connectivity index (χ1n) is 5.62. The molecule has 0 atom stereocenters. The van der Waals surface area contributed by atoms with Crippen LogP contribution in [0.4, 0.5) is 11.6 Å². The number of aromatic nitrogens is 2. The Balaban J connectivity index is 2.35. The normalized spacial score (nSPS) is 10.7. The standard InChI is InChI=1S/C14H12N4/c15-10-6-7-11-12(8-10)17-14(16)18-13(11)9-4-2-1-3-5-9/h1-8H,15H2,(H2,16,17,18). The van der Waals surface area contributed by atoms with Crippen molar-refractivity contribution >= 4 is 22.5 Å². The quantitative estimate of drug-likeness (QED) is 0.636. The minimum absolute atomic E-state index is 0.256. The highest BCUT2D eigenvalue weighted by atomic mass is 15.0. The summed E-state index contributed by atoms with van der Waals surface area (Å²) in [6, 6.07) is 15.5. The van der Waals surface area contributed by atoms with E-state index in [4.69, 9.17) is 11.5 Å². The number of rotatable bonds is 1. The summed E-state index contributed by atoms with van der Waals surface area (Å²) in [5, 5.41) is 0.949. The van der Waals surface area contributed by atoms with E-state index in [9.17, 15) is 0 Å². The number of nitrogen functional groups attached to an aromatic ring is 2. The molecule has 0 saturated carbocycles. The van der Waals surface area contributed by atoms with Gasteiger partial charge in [-0.25, -0.2) is 9.97 Å². The molecular weight excluding hydrogens is 224 g/mol. The van der Waals surface area contributed by atoms with E-state index in [0.29, 0.717) is 5.69 Å². The first-order valence-corrected chi connectivity index (χ1v) is 5.62. The van der Waals surface area contributed by atoms with Gasteiger partial charge in [0.25, 0.3) is 0 Å². The van der Waals surface area contributed by atoms with Crippen molar-refractivity contribution in [2.24, 2.45) is 0 Å². The minimum Gasteiger partial charge on any atom is -0.399 e. The molecule has 0 radical (unpaired) electrons. The molecule has 0 saturated heterocycles. The highest BCUT2D eigenvalue weighted by Crippen LogP contribution is 2.27. The van der Waals surface area contributed by atoms with Gasteiger partial charge in [0.15, 0.2) is 0 Å². The Morgan fingerprint density at radius 2 is 1.61 bits per heavy atom. The average molecular weight is 236 g/mol. The molecule has 0 amide bonds. The largest absolute Gasteiger partial charge is 0.399 e. The van der Waals surface area contributed by atoms with Crippen molar-refractivity contribution in [2.45, 2.75) is 0 Å². The monoisotopic (exact) mass is 236 g/mol. The summed E-state index contributed by atoms with van der Waals surface area (Å²) in [6.45, 7) is 0. The van der Waals surface area contributed by atoms with Crippen LogP contribution in [0, 0.1) is 0 Å². The van der Waals surface area contributed by atoms with E-state index < -0.39 is 0 Å². The average Bonchev–Trinajstić information content (AvgIpc) is 2.38. The maximum absolute atomic E-state index is 5.76. The number of anilines is 2. The molecule has 2 aromatic carbocycles. The third-order valence-electron chi connectivity index (χ3n) is 2.79. The number of fused-ring (bicyclic) bond motifs is 1. The fourth-order valence-corrected chi connectivity index (χ4v) is 1.98. The van der Waals surface area contributed by atoms with Crippen LogP contribution in [0.2, 0.25) is 0 Å². The summed E-state index contributed by atoms with van der Waals surface area (Å²) < 4.78 is 0. The number of hydrogen-bond donors (Lipinski definition) is 2. The molecule has 88 valence electrons. The van der Waals surface area contributed by atoms with Gasteiger partial charge in [-0.3, -0.25) is 0 Å². The molecule has 0 fully saturated rings. The van der Waals surface area contributed by atoms with Gasteiger partial charge < -0.3 is 11.5 Å². The molecule has 4 nitrogen and oxygen atoms in total. The molecule has 4 N–H and O–H groups in total. The molecule has 0 aliphatic rings. The van der Waals surface area contributed by atoms with Gasteiger partial charge >= 0.3 is 0 Å². The Morgan fingerprint density at radius 1 is 0.833 bits per heavy atom. The molecule has 3 aromatic rings. The van der Waals surface area contributed by atoms with Crippen molar-refractivity contribution in [3.63, 3.8) is 0 Å². The molecule has 1 heterocycles. The third-order valence-corrected chi connectivity index (χ3v) is 2.79. The topological polar surface area (TPSA) is 77.8 Å². The summed E-state index contributed by atoms with van der Waals surface area (Å²) in [5.41, 5.74) is 14.8. The smallest absolute Gasteiger partial charge is 0.221 e. The van der Waals surface area contributed by atoms with E-state index in [0.717, 1.165) is 22.2 Å². The van der Waals surface area contributed by atoms with E-state index in [1.54, 1.807) is 6.07 Å². The minimum atomic E-state index is 0.256. The maximum Gasteiger partial charge on any atom is 0.221 e. The predicted molar refractivity (Wildman–Crippen MR) is 73.8 cm³/mol. The van der Waals surface area contributed by atoms with E-state index in [1.807, 2.05) is 42.5 Å². The lowest BCUT2D eigenvalue weighted by Crippen LogP contribution is -1.98. The van der Waals surface area contributed by atoms with Gasteiger partial charge in [0.05, 0.1) is 11.2 Å². The van der Waals surface area contributed by atoms with Crippen LogP contribution in [-0.4, -0.2) is 9.97 Å². The molecule has 0 spiro atoms. The summed E-state index contributed by atoms with van der Waals surface area (Å²) in [7, 11) is 0. The fourth-order valence-electron chi connectivity index (χ4n) is 1.98. The molecule has 0 aliphatic carbocycles. The van der Waals surface area contributed by atoms with Crippen molar-refractivity contribution in [1.29, 1.82) is 0 Å². The second-order valence-corrected chi connectivity index (χ2v) is 4.07. The summed E-state index contributed by atoms with van der Waals surface area (Å²) in [5.74, 6) is 0.256. The highest BCUT2D eigenvalue weighted by molar-refractivity contribution is 5.94. The van der Waals surface area contributed by atoms with Crippen LogP contribution in [0.1, 0.15) is 0 Å². The number of hydrogen-bond acceptors (Lipinski definition) is 4. The Bertz CT molecular complexity index is 702. The molecule has 0 bridgehead atoms. The third kappa shape index (κ3) is 1.73. The van der Waals surface area contributed by atoms with Crippen molar-refractivity contribution in [2.75, 3.05) is 11.5 Å². The summed E-state index contributed by atoms with van der Waals surface area (Å²) in [6.07, 6.45) is 0. The van der Waals surface area contributed by atoms with E-state index in [-0.39, 0.29) is 5.95 Å². The molecule has 3 rings (SSSR count). The SMILES string of the molecule is Nc1ccc2c(-c3ccccc3)nc(N)nc2c1. The van der Waals surface area contributed by atoms with Gasteiger partial charge in [0.2, 0.25) is 5.95 Å². The van der Waals surface area contributed by atoms with Gasteiger partial charge in [-0.15, -0.1) is 0 Å². The zero-order chi connectivity index (χ0) is 12.5. The lowest BCUT2D eigenvalue weighted by molar-refractivity contribution is 1.24. The van der Waals surface area contributed by atoms with Gasteiger partial charge in [-0.05, 0) is 18.2 Å². The highest BCUT2D eigenvalue weighted by Gasteiger charge is 2.08. The first-order chi connectivity index (χ1) is 8.74.